The molecule has 4 rings (SSSR count). The van der Waals surface area contributed by atoms with Gasteiger partial charge in [0.05, 0.1) is 49.1 Å². The molecule has 0 aromatic heterocycles. The average Bonchev–Trinajstić information content (AvgIpc) is 3.92. The number of aliphatic carboxylic acids is 3. The number of hydrogen-bond donors (Lipinski definition) is 6. The number of nitrogens with zero attached hydrogens (tertiary/aromatic N) is 1. The summed E-state index contributed by atoms with van der Waals surface area (Å²) in [6, 6.07) is -0.219. The van der Waals surface area contributed by atoms with Gasteiger partial charge < -0.3 is 68.7 Å². The van der Waals surface area contributed by atoms with Crippen LogP contribution in [0.15, 0.2) is 0 Å². The minimum absolute atomic E-state index is 0.198. The lowest BCUT2D eigenvalue weighted by Crippen LogP contribution is -2.57. The molecule has 0 bridgehead atoms. The van der Waals surface area contributed by atoms with E-state index in [0.717, 1.165) is 20.8 Å². The smallest absolute Gasteiger partial charge is 0.311 e. The second-order valence-electron chi connectivity index (χ2n) is 16.9. The lowest BCUT2D eigenvalue weighted by Gasteiger charge is -2.46. The first-order valence-corrected chi connectivity index (χ1v) is 20.4. The van der Waals surface area contributed by atoms with E-state index in [2.05, 4.69) is 0 Å². The number of cyclic esters (lactones) is 1. The van der Waals surface area contributed by atoms with Crippen LogP contribution in [0.3, 0.4) is 0 Å². The molecule has 19 heteroatoms. The number of carbonyl (C=O) groups is 5. The molecule has 0 amide bonds. The zero-order valence-electron chi connectivity index (χ0n) is 37.7. The molecule has 4 aliphatic heterocycles. The predicted octanol–water partition coefficient (Wildman–Crippen LogP) is 2.18. The van der Waals surface area contributed by atoms with Crippen LogP contribution in [-0.2, 0) is 57.1 Å². The molecule has 4 fully saturated rings. The number of esters is 1. The van der Waals surface area contributed by atoms with Crippen LogP contribution < -0.4 is 0 Å². The van der Waals surface area contributed by atoms with Crippen molar-refractivity contribution in [3.8, 4) is 0 Å². The van der Waals surface area contributed by atoms with Gasteiger partial charge in [0.15, 0.2) is 24.0 Å². The predicted molar refractivity (Wildman–Crippen MR) is 214 cm³/mol. The number of methoxy groups -OCH3 is 1. The van der Waals surface area contributed by atoms with E-state index in [1.807, 2.05) is 39.8 Å². The van der Waals surface area contributed by atoms with Crippen LogP contribution in [0.25, 0.3) is 0 Å². The Balaban J connectivity index is 0.00000132. The van der Waals surface area contributed by atoms with E-state index in [4.69, 9.17) is 62.9 Å². The summed E-state index contributed by atoms with van der Waals surface area (Å²) in [4.78, 5) is 56.7. The molecule has 0 unspecified atom stereocenters. The quantitative estimate of drug-likeness (QED) is 0.165. The number of carbonyl (C=O) groups excluding carboxylic acids is 2. The van der Waals surface area contributed by atoms with Crippen molar-refractivity contribution >= 4 is 29.7 Å². The molecule has 19 nitrogen and oxygen atoms in total. The first-order chi connectivity index (χ1) is 27.6. The Kier molecular flexibility index (Phi) is 22.7. The largest absolute Gasteiger partial charge is 0.481 e. The van der Waals surface area contributed by atoms with Gasteiger partial charge in [0.2, 0.25) is 0 Å². The lowest BCUT2D eigenvalue weighted by molar-refractivity contribution is -0.299. The summed E-state index contributed by atoms with van der Waals surface area (Å²) >= 11 is 0. The van der Waals surface area contributed by atoms with Crippen molar-refractivity contribution in [2.24, 2.45) is 29.6 Å². The van der Waals surface area contributed by atoms with Gasteiger partial charge in [-0.3, -0.25) is 24.0 Å². The summed E-state index contributed by atoms with van der Waals surface area (Å²) in [7, 11) is 5.32. The fourth-order valence-corrected chi connectivity index (χ4v) is 7.89. The number of Topliss-reactive ketones (excluding diaryl/α,β-unsaturated/α-hetero) is 1. The number of epoxide rings is 1. The van der Waals surface area contributed by atoms with Gasteiger partial charge in [-0.2, -0.15) is 0 Å². The highest BCUT2D eigenvalue weighted by molar-refractivity contribution is 5.92. The molecule has 1 spiro atoms. The lowest BCUT2D eigenvalue weighted by atomic mass is 9.76. The summed E-state index contributed by atoms with van der Waals surface area (Å²) in [6.07, 6.45) is -7.15. The number of hydrogen-bond acceptors (Lipinski definition) is 16. The zero-order chi connectivity index (χ0) is 46.6. The maximum atomic E-state index is 13.9. The normalized spacial score (nSPS) is 41.1. The van der Waals surface area contributed by atoms with Crippen LogP contribution in [-0.4, -0.2) is 172 Å². The molecule has 18 atom stereocenters. The van der Waals surface area contributed by atoms with Crippen molar-refractivity contribution in [3.63, 3.8) is 0 Å². The Bertz CT molecular complexity index is 1340. The fraction of sp³-hybridized carbons (Fsp3) is 0.878. The standard InChI is InChI=1S/C35H61NO12.3C2H4O2/c1-16-14-35(15-43-35)32(40)19(4)27(37)18(3)22(7)46-33(41)21(6)31(47-26-13-25(42-11)28(38)23(8)45-26)20(5)30(16)48-34-29(39)24(36(9)10)12-17(2)44-34;3*1-2(3)4/h16-31,34,37-39H,12-15H2,1-11H3;3*1H3,(H,3,4)/t16-,17+,18-,19+,20+,21+,22+,23-,24-,25-,26-,27-,28-,29+,30-,31-,34-,35-;;;/m0.../s1. The summed E-state index contributed by atoms with van der Waals surface area (Å²) < 4.78 is 43.0. The fourth-order valence-electron chi connectivity index (χ4n) is 7.89. The van der Waals surface area contributed by atoms with Gasteiger partial charge in [0.25, 0.3) is 17.9 Å². The molecule has 350 valence electrons. The Morgan fingerprint density at radius 3 is 1.70 bits per heavy atom. The van der Waals surface area contributed by atoms with Gasteiger partial charge in [0, 0.05) is 58.1 Å². The first-order valence-electron chi connectivity index (χ1n) is 20.4. The van der Waals surface area contributed by atoms with E-state index < -0.39 is 115 Å². The number of ether oxygens (including phenoxy) is 7. The highest BCUT2D eigenvalue weighted by atomic mass is 16.7. The topological polar surface area (TPSA) is 278 Å². The second kappa shape index (κ2) is 24.7. The molecular formula is C41H73NO18. The third-order valence-electron chi connectivity index (χ3n) is 11.4. The second-order valence-corrected chi connectivity index (χ2v) is 16.9. The summed E-state index contributed by atoms with van der Waals surface area (Å²) in [5, 5.41) is 55.6. The minimum Gasteiger partial charge on any atom is -0.481 e. The summed E-state index contributed by atoms with van der Waals surface area (Å²) in [5.74, 6) is -6.24. The number of aliphatic hydroxyl groups excluding tert-OH is 3. The average molecular weight is 868 g/mol. The van der Waals surface area contributed by atoms with Crippen LogP contribution in [0.1, 0.15) is 95.4 Å². The molecule has 6 N–H and O–H groups in total. The SMILES string of the molecule is CC(=O)O.CC(=O)O.CC(=O)O.CO[C@H]1C[C@H](O[C@H]2[C@H](C)[C@@H](O[C@@H]3O[C@H](C)C[C@H](N(C)C)[C@H]3O)[C@@H](C)C[C@]3(CO3)C(=O)[C@H](C)[C@@H](O)[C@@H](C)[C@@H](C)OC(=O)[C@@H]2C)O[C@@H](C)[C@@H]1O. The molecule has 4 heterocycles. The molecule has 0 aromatic carbocycles. The van der Waals surface area contributed by atoms with Crippen molar-refractivity contribution in [2.75, 3.05) is 27.8 Å². The van der Waals surface area contributed by atoms with Crippen LogP contribution in [0.4, 0.5) is 0 Å². The molecule has 0 aromatic rings. The third-order valence-corrected chi connectivity index (χ3v) is 11.4. The van der Waals surface area contributed by atoms with Crippen LogP contribution in [0.2, 0.25) is 0 Å². The Morgan fingerprint density at radius 1 is 0.717 bits per heavy atom. The maximum absolute atomic E-state index is 13.9. The number of likely N-dealkylation sites (N-methyl/N-ethyl adjacent to an activating group) is 1. The van der Waals surface area contributed by atoms with Gasteiger partial charge >= 0.3 is 5.97 Å². The Morgan fingerprint density at radius 2 is 1.23 bits per heavy atom. The number of aliphatic hydroxyl groups is 3. The van der Waals surface area contributed by atoms with Gasteiger partial charge in [-0.15, -0.1) is 0 Å². The van der Waals surface area contributed by atoms with Gasteiger partial charge in [0.1, 0.15) is 18.3 Å². The van der Waals surface area contributed by atoms with E-state index in [9.17, 15) is 24.9 Å². The molecule has 60 heavy (non-hydrogen) atoms. The van der Waals surface area contributed by atoms with E-state index in [-0.39, 0.29) is 43.3 Å². The zero-order valence-corrected chi connectivity index (χ0v) is 37.7. The Hall–Kier alpha value is -2.85. The van der Waals surface area contributed by atoms with Crippen molar-refractivity contribution in [2.45, 2.75) is 175 Å². The molecule has 0 radical (unpaired) electrons. The minimum atomic E-state index is -1.10. The van der Waals surface area contributed by atoms with E-state index in [1.165, 1.54) is 7.11 Å². The number of ketones is 1. The molecule has 0 saturated carbocycles. The highest BCUT2D eigenvalue weighted by Crippen LogP contribution is 2.43. The van der Waals surface area contributed by atoms with Crippen molar-refractivity contribution in [3.05, 3.63) is 0 Å². The van der Waals surface area contributed by atoms with Crippen molar-refractivity contribution in [1.29, 1.82) is 0 Å². The number of rotatable bonds is 6. The molecule has 0 aliphatic carbocycles. The molecular weight excluding hydrogens is 794 g/mol. The van der Waals surface area contributed by atoms with Crippen molar-refractivity contribution < 1.29 is 87.8 Å². The van der Waals surface area contributed by atoms with Gasteiger partial charge in [-0.25, -0.2) is 0 Å². The van der Waals surface area contributed by atoms with E-state index >= 15 is 0 Å². The Labute approximate surface area is 353 Å². The van der Waals surface area contributed by atoms with Crippen LogP contribution in [0.5, 0.6) is 0 Å². The summed E-state index contributed by atoms with van der Waals surface area (Å²) in [6.45, 7) is 17.9. The third kappa shape index (κ3) is 16.4. The van der Waals surface area contributed by atoms with E-state index in [1.54, 1.807) is 34.6 Å². The first kappa shape index (κ1) is 55.2. The van der Waals surface area contributed by atoms with Crippen LogP contribution in [0, 0.1) is 29.6 Å². The molecule has 4 saturated heterocycles. The van der Waals surface area contributed by atoms with Gasteiger partial charge in [-0.1, -0.05) is 27.7 Å². The summed E-state index contributed by atoms with van der Waals surface area (Å²) in [5.41, 5.74) is -1.10. The van der Waals surface area contributed by atoms with E-state index in [0.29, 0.717) is 6.42 Å². The number of carboxylic acid groups (broad SMARTS) is 3. The maximum Gasteiger partial charge on any atom is 0.311 e. The monoisotopic (exact) mass is 867 g/mol. The highest BCUT2D eigenvalue weighted by Gasteiger charge is 2.57. The van der Waals surface area contributed by atoms with Crippen LogP contribution >= 0.6 is 0 Å². The van der Waals surface area contributed by atoms with Crippen molar-refractivity contribution in [1.82, 2.24) is 4.90 Å². The van der Waals surface area contributed by atoms with Gasteiger partial charge in [-0.05, 0) is 60.5 Å². The number of carboxylic acids is 3. The molecule has 4 aliphatic rings.